The van der Waals surface area contributed by atoms with Gasteiger partial charge in [-0.3, -0.25) is 0 Å². The van der Waals surface area contributed by atoms with Crippen LogP contribution in [-0.2, 0) is 0 Å². The molecule has 0 unspecified atom stereocenters. The molecule has 0 heterocycles. The molecule has 0 nitrogen and oxygen atoms in total. The van der Waals surface area contributed by atoms with Crippen LogP contribution in [0.5, 0.6) is 0 Å². The highest BCUT2D eigenvalue weighted by Gasteiger charge is 2.31. The summed E-state index contributed by atoms with van der Waals surface area (Å²) in [4.78, 5) is 0. The first kappa shape index (κ1) is 50.6. The van der Waals surface area contributed by atoms with Crippen molar-refractivity contribution in [2.24, 2.45) is 0 Å². The number of hydrogen-bond acceptors (Lipinski definition) is 0. The van der Waals surface area contributed by atoms with Gasteiger partial charge in [0.15, 0.2) is 0 Å². The Morgan fingerprint density at radius 3 is 1.03 bits per heavy atom. The van der Waals surface area contributed by atoms with E-state index in [1.54, 1.807) is 0 Å². The summed E-state index contributed by atoms with van der Waals surface area (Å²) in [6.07, 6.45) is 7.78. The molecule has 0 atom stereocenters. The fourth-order valence-electron chi connectivity index (χ4n) is 7.21. The van der Waals surface area contributed by atoms with E-state index in [-0.39, 0.29) is 0 Å². The van der Waals surface area contributed by atoms with Crippen molar-refractivity contribution < 1.29 is 0 Å². The van der Waals surface area contributed by atoms with E-state index in [1.807, 2.05) is 32.0 Å². The van der Waals surface area contributed by atoms with Crippen LogP contribution in [0, 0.1) is 13.8 Å². The number of rotatable bonds is 5. The van der Waals surface area contributed by atoms with Gasteiger partial charge in [-0.05, 0) is 91.0 Å². The third kappa shape index (κ3) is 13.1. The van der Waals surface area contributed by atoms with Crippen LogP contribution in [0.4, 0.5) is 0 Å². The standard InChI is InChI=1S/C39H26.C7H8.2C4H10.2C3H8.C2H6/c1-25-12-10-17-28(24-25)29-22-23-34-37-30(29)20-11-21-33(37)38-35(26-13-4-2-5-14-26)31-18-8-9-19-32(31)36(39(34)38)27-15-6-3-7-16-27;1-7-5-3-2-4-6-7;2*1-3-4-2;2*1-3-2;1-2/h2-24H,1H3;2-6H,1H3;2*3-4H2,1-2H3;2*3H2,1-2H3;1-2H3. The van der Waals surface area contributed by atoms with Crippen LogP contribution in [0.3, 0.4) is 0 Å². The molecule has 8 aromatic carbocycles. The molecule has 1 aliphatic carbocycles. The van der Waals surface area contributed by atoms with Crippen molar-refractivity contribution in [2.75, 3.05) is 0 Å². The third-order valence-corrected chi connectivity index (χ3v) is 10.2. The molecule has 0 heteroatoms. The SMILES string of the molecule is CC.CCC.CCC.CCCC.CCCC.Cc1cccc(-c2ccc3c4c(cccc24)-c2c-3c(-c3ccccc3)c3ccccc3c2-c2ccccc2)c1.Cc1ccccc1. The lowest BCUT2D eigenvalue weighted by Crippen LogP contribution is -1.93. The van der Waals surface area contributed by atoms with E-state index in [0.717, 1.165) is 0 Å². The van der Waals surface area contributed by atoms with E-state index in [9.17, 15) is 0 Å². The average molecular weight is 821 g/mol. The van der Waals surface area contributed by atoms with Crippen molar-refractivity contribution in [3.05, 3.63) is 181 Å². The zero-order chi connectivity index (χ0) is 45.3. The molecule has 0 aromatic heterocycles. The first-order valence-corrected chi connectivity index (χ1v) is 23.7. The summed E-state index contributed by atoms with van der Waals surface area (Å²) < 4.78 is 0. The maximum atomic E-state index is 2.37. The molecular weight excluding hydrogens is 745 g/mol. The van der Waals surface area contributed by atoms with E-state index < -0.39 is 0 Å². The molecule has 0 bridgehead atoms. The van der Waals surface area contributed by atoms with Gasteiger partial charge in [0.1, 0.15) is 0 Å². The highest BCUT2D eigenvalue weighted by molar-refractivity contribution is 6.28. The quantitative estimate of drug-likeness (QED) is 0.162. The molecule has 0 aliphatic heterocycles. The van der Waals surface area contributed by atoms with Gasteiger partial charge in [-0.2, -0.15) is 0 Å². The Morgan fingerprint density at radius 1 is 0.290 bits per heavy atom. The van der Waals surface area contributed by atoms with Gasteiger partial charge < -0.3 is 0 Å². The van der Waals surface area contributed by atoms with Crippen LogP contribution in [0.25, 0.3) is 77.2 Å². The molecule has 0 saturated carbocycles. The predicted molar refractivity (Wildman–Crippen MR) is 283 cm³/mol. The highest BCUT2D eigenvalue weighted by atomic mass is 14.3. The normalized spacial score (nSPS) is 10.0. The van der Waals surface area contributed by atoms with Gasteiger partial charge >= 0.3 is 0 Å². The van der Waals surface area contributed by atoms with Crippen LogP contribution in [0.1, 0.15) is 119 Å². The fourth-order valence-corrected chi connectivity index (χ4v) is 7.21. The van der Waals surface area contributed by atoms with E-state index in [4.69, 9.17) is 0 Å². The first-order chi connectivity index (χ1) is 30.3. The number of hydrogen-bond donors (Lipinski definition) is 0. The average Bonchev–Trinajstić information content (AvgIpc) is 3.65. The number of benzene rings is 8. The molecule has 9 rings (SSSR count). The summed E-state index contributed by atoms with van der Waals surface area (Å²) >= 11 is 0. The van der Waals surface area contributed by atoms with Gasteiger partial charge in [-0.15, -0.1) is 0 Å². The van der Waals surface area contributed by atoms with E-state index in [2.05, 4.69) is 221 Å². The van der Waals surface area contributed by atoms with Gasteiger partial charge in [-0.25, -0.2) is 0 Å². The second-order valence-electron chi connectivity index (χ2n) is 15.6. The van der Waals surface area contributed by atoms with Crippen molar-refractivity contribution >= 4 is 21.5 Å². The Labute approximate surface area is 378 Å². The predicted octanol–water partition coefficient (Wildman–Crippen LogP) is 20.4. The zero-order valence-electron chi connectivity index (χ0n) is 40.4. The van der Waals surface area contributed by atoms with Crippen molar-refractivity contribution in [3.8, 4) is 55.6 Å². The van der Waals surface area contributed by atoms with Crippen LogP contribution in [0.2, 0.25) is 0 Å². The van der Waals surface area contributed by atoms with Crippen LogP contribution in [-0.4, -0.2) is 0 Å². The lowest BCUT2D eigenvalue weighted by Gasteiger charge is -2.20. The van der Waals surface area contributed by atoms with Crippen molar-refractivity contribution in [3.63, 3.8) is 0 Å². The molecule has 0 amide bonds. The smallest absolute Gasteiger partial charge is 0.000741 e. The lowest BCUT2D eigenvalue weighted by molar-refractivity contribution is 0.886. The molecule has 324 valence electrons. The molecule has 0 fully saturated rings. The summed E-state index contributed by atoms with van der Waals surface area (Å²) in [5.41, 5.74) is 15.7. The minimum atomic E-state index is 1.25. The molecule has 62 heavy (non-hydrogen) atoms. The molecule has 0 saturated heterocycles. The summed E-state index contributed by atoms with van der Waals surface area (Å²) in [6.45, 7) is 25.5. The largest absolute Gasteiger partial charge is 0.0683 e. The fraction of sp³-hybridized carbons (Fsp3) is 0.290. The van der Waals surface area contributed by atoms with Gasteiger partial charge in [0.05, 0.1) is 0 Å². The third-order valence-electron chi connectivity index (χ3n) is 10.2. The molecular formula is C62H76. The monoisotopic (exact) mass is 821 g/mol. The topological polar surface area (TPSA) is 0 Å². The number of fused-ring (bicyclic) bond motifs is 4. The van der Waals surface area contributed by atoms with E-state index in [1.165, 1.54) is 127 Å². The summed E-state index contributed by atoms with van der Waals surface area (Å²) in [5, 5.41) is 5.26. The lowest BCUT2D eigenvalue weighted by atomic mass is 9.82. The molecule has 0 radical (unpaired) electrons. The molecule has 1 aliphatic rings. The summed E-state index contributed by atoms with van der Waals surface area (Å²) in [5.74, 6) is 0. The maximum Gasteiger partial charge on any atom is -0.000741 e. The van der Waals surface area contributed by atoms with Crippen LogP contribution < -0.4 is 0 Å². The Bertz CT molecular complexity index is 2350. The van der Waals surface area contributed by atoms with Crippen molar-refractivity contribution in [1.82, 2.24) is 0 Å². The maximum absolute atomic E-state index is 2.37. The van der Waals surface area contributed by atoms with Gasteiger partial charge in [0, 0.05) is 0 Å². The number of aryl methyl sites for hydroxylation is 2. The van der Waals surface area contributed by atoms with Crippen molar-refractivity contribution in [1.29, 1.82) is 0 Å². The Morgan fingerprint density at radius 2 is 0.629 bits per heavy atom. The van der Waals surface area contributed by atoms with E-state index >= 15 is 0 Å². The molecule has 8 aromatic rings. The van der Waals surface area contributed by atoms with E-state index in [0.29, 0.717) is 0 Å². The van der Waals surface area contributed by atoms with Gasteiger partial charge in [-0.1, -0.05) is 289 Å². The Hall–Kier alpha value is -5.72. The number of unbranched alkanes of at least 4 members (excludes halogenated alkanes) is 2. The minimum Gasteiger partial charge on any atom is -0.0683 e. The first-order valence-electron chi connectivity index (χ1n) is 23.7. The summed E-state index contributed by atoms with van der Waals surface area (Å²) in [7, 11) is 0. The molecule has 0 N–H and O–H groups in total. The van der Waals surface area contributed by atoms with Gasteiger partial charge in [0.2, 0.25) is 0 Å². The van der Waals surface area contributed by atoms with Crippen molar-refractivity contribution in [2.45, 2.75) is 122 Å². The Kier molecular flexibility index (Phi) is 22.9. The zero-order valence-corrected chi connectivity index (χ0v) is 40.4. The van der Waals surface area contributed by atoms with Gasteiger partial charge in [0.25, 0.3) is 0 Å². The second-order valence-corrected chi connectivity index (χ2v) is 15.6. The van der Waals surface area contributed by atoms with Crippen LogP contribution >= 0.6 is 0 Å². The molecule has 0 spiro atoms. The summed E-state index contributed by atoms with van der Waals surface area (Å²) in [6, 6.07) is 61.5. The Balaban J connectivity index is 0.000000370. The highest BCUT2D eigenvalue weighted by Crippen LogP contribution is 2.58. The van der Waals surface area contributed by atoms with Crippen LogP contribution in [0.15, 0.2) is 170 Å². The second kappa shape index (κ2) is 28.0. The minimum absolute atomic E-state index is 1.25.